The van der Waals surface area contributed by atoms with E-state index in [0.717, 1.165) is 27.0 Å². The first kappa shape index (κ1) is 11.4. The monoisotopic (exact) mass is 301 g/mol. The topological polar surface area (TPSA) is 25.0 Å². The van der Waals surface area contributed by atoms with Gasteiger partial charge in [-0.25, -0.2) is 0 Å². The van der Waals surface area contributed by atoms with E-state index < -0.39 is 0 Å². The highest BCUT2D eigenvalue weighted by molar-refractivity contribution is 9.10. The molecule has 0 saturated heterocycles. The van der Waals surface area contributed by atoms with Crippen LogP contribution in [-0.2, 0) is 0 Å². The molecule has 2 aromatic carbocycles. The van der Waals surface area contributed by atoms with Crippen LogP contribution in [0.25, 0.3) is 22.2 Å². The summed E-state index contributed by atoms with van der Waals surface area (Å²) in [6.07, 6.45) is 0. The van der Waals surface area contributed by atoms with Crippen molar-refractivity contribution >= 4 is 26.8 Å². The average Bonchev–Trinajstić information content (AvgIpc) is 2.81. The van der Waals surface area contributed by atoms with Crippen molar-refractivity contribution in [3.05, 3.63) is 53.0 Å². The van der Waals surface area contributed by atoms with Crippen LogP contribution in [-0.4, -0.2) is 12.1 Å². The molecule has 0 fully saturated rings. The highest BCUT2D eigenvalue weighted by atomic mass is 79.9. The van der Waals surface area contributed by atoms with E-state index in [1.807, 2.05) is 18.2 Å². The molecule has 90 valence electrons. The smallest absolute Gasteiger partial charge is 0.118 e. The van der Waals surface area contributed by atoms with Gasteiger partial charge in [0, 0.05) is 21.1 Å². The van der Waals surface area contributed by atoms with Gasteiger partial charge < -0.3 is 9.72 Å². The Labute approximate surface area is 114 Å². The first-order chi connectivity index (χ1) is 8.76. The lowest BCUT2D eigenvalue weighted by molar-refractivity contribution is 0.415. The third-order valence-corrected chi connectivity index (χ3v) is 3.48. The summed E-state index contributed by atoms with van der Waals surface area (Å²) in [4.78, 5) is 3.42. The molecular formula is C15H12BrNO. The number of ether oxygens (including phenoxy) is 1. The molecular weight excluding hydrogens is 290 g/mol. The number of hydrogen-bond donors (Lipinski definition) is 1. The Hall–Kier alpha value is -1.74. The zero-order valence-corrected chi connectivity index (χ0v) is 11.5. The number of H-pyrrole nitrogens is 1. The summed E-state index contributed by atoms with van der Waals surface area (Å²) in [6, 6.07) is 16.4. The summed E-state index contributed by atoms with van der Waals surface area (Å²) in [5, 5.41) is 1.21. The number of nitrogens with one attached hydrogen (secondary N) is 1. The third-order valence-electron chi connectivity index (χ3n) is 2.99. The Kier molecular flexibility index (Phi) is 2.84. The number of fused-ring (bicyclic) bond motifs is 1. The number of aromatic nitrogens is 1. The highest BCUT2D eigenvalue weighted by Crippen LogP contribution is 2.27. The predicted octanol–water partition coefficient (Wildman–Crippen LogP) is 4.61. The maximum Gasteiger partial charge on any atom is 0.118 e. The van der Waals surface area contributed by atoms with Gasteiger partial charge in [0.05, 0.1) is 7.11 Å². The van der Waals surface area contributed by atoms with Gasteiger partial charge in [-0.1, -0.05) is 22.0 Å². The molecule has 3 aromatic rings. The van der Waals surface area contributed by atoms with Gasteiger partial charge in [-0.3, -0.25) is 0 Å². The third kappa shape index (κ3) is 2.02. The molecule has 1 aromatic heterocycles. The van der Waals surface area contributed by atoms with Gasteiger partial charge in [0.15, 0.2) is 0 Å². The van der Waals surface area contributed by atoms with Crippen LogP contribution in [0.15, 0.2) is 53.0 Å². The SMILES string of the molecule is COc1ccc(-c2cc3ccc(Br)cc3[nH]2)cc1. The molecule has 0 unspecified atom stereocenters. The highest BCUT2D eigenvalue weighted by Gasteiger charge is 2.03. The van der Waals surface area contributed by atoms with Crippen molar-refractivity contribution in [1.82, 2.24) is 4.98 Å². The van der Waals surface area contributed by atoms with Crippen LogP contribution in [0.3, 0.4) is 0 Å². The maximum atomic E-state index is 5.16. The fourth-order valence-electron chi connectivity index (χ4n) is 2.03. The van der Waals surface area contributed by atoms with E-state index in [1.54, 1.807) is 7.11 Å². The van der Waals surface area contributed by atoms with Crippen LogP contribution >= 0.6 is 15.9 Å². The molecule has 0 saturated carbocycles. The predicted molar refractivity (Wildman–Crippen MR) is 78.0 cm³/mol. The second kappa shape index (κ2) is 4.50. The Morgan fingerprint density at radius 3 is 2.50 bits per heavy atom. The molecule has 1 heterocycles. The number of rotatable bonds is 2. The molecule has 0 aliphatic heterocycles. The van der Waals surface area contributed by atoms with Crippen molar-refractivity contribution in [2.45, 2.75) is 0 Å². The second-order valence-electron chi connectivity index (χ2n) is 4.14. The lowest BCUT2D eigenvalue weighted by atomic mass is 10.1. The number of halogens is 1. The van der Waals surface area contributed by atoms with Gasteiger partial charge in [0.25, 0.3) is 0 Å². The number of hydrogen-bond acceptors (Lipinski definition) is 1. The summed E-state index contributed by atoms with van der Waals surface area (Å²) in [6.45, 7) is 0. The van der Waals surface area contributed by atoms with Gasteiger partial charge in [0.1, 0.15) is 5.75 Å². The largest absolute Gasteiger partial charge is 0.497 e. The van der Waals surface area contributed by atoms with Crippen molar-refractivity contribution in [2.75, 3.05) is 7.11 Å². The van der Waals surface area contributed by atoms with Gasteiger partial charge >= 0.3 is 0 Å². The molecule has 0 aliphatic carbocycles. The van der Waals surface area contributed by atoms with Crippen LogP contribution < -0.4 is 4.74 Å². The van der Waals surface area contributed by atoms with Gasteiger partial charge in [0.2, 0.25) is 0 Å². The minimum Gasteiger partial charge on any atom is -0.497 e. The molecule has 18 heavy (non-hydrogen) atoms. The van der Waals surface area contributed by atoms with Crippen LogP contribution in [0.5, 0.6) is 5.75 Å². The molecule has 0 radical (unpaired) electrons. The standard InChI is InChI=1S/C15H12BrNO/c1-18-13-6-3-10(4-7-13)14-8-11-2-5-12(16)9-15(11)17-14/h2-9,17H,1H3. The number of aromatic amines is 1. The average molecular weight is 302 g/mol. The molecule has 0 spiro atoms. The van der Waals surface area contributed by atoms with E-state index in [9.17, 15) is 0 Å². The Balaban J connectivity index is 2.07. The fourth-order valence-corrected chi connectivity index (χ4v) is 2.39. The molecule has 3 rings (SSSR count). The zero-order chi connectivity index (χ0) is 12.5. The van der Waals surface area contributed by atoms with E-state index in [-0.39, 0.29) is 0 Å². The van der Waals surface area contributed by atoms with E-state index in [4.69, 9.17) is 4.74 Å². The van der Waals surface area contributed by atoms with Crippen molar-refractivity contribution in [3.63, 3.8) is 0 Å². The van der Waals surface area contributed by atoms with E-state index in [0.29, 0.717) is 0 Å². The molecule has 0 atom stereocenters. The van der Waals surface area contributed by atoms with Crippen LogP contribution in [0, 0.1) is 0 Å². The fraction of sp³-hybridized carbons (Fsp3) is 0.0667. The van der Waals surface area contributed by atoms with Crippen LogP contribution in [0.1, 0.15) is 0 Å². The quantitative estimate of drug-likeness (QED) is 0.735. The van der Waals surface area contributed by atoms with E-state index in [1.165, 1.54) is 5.39 Å². The van der Waals surface area contributed by atoms with E-state index in [2.05, 4.69) is 51.2 Å². The summed E-state index contributed by atoms with van der Waals surface area (Å²) in [5.41, 5.74) is 3.41. The first-order valence-corrected chi connectivity index (χ1v) is 6.48. The maximum absolute atomic E-state index is 5.16. The minimum atomic E-state index is 0.873. The van der Waals surface area contributed by atoms with Crippen molar-refractivity contribution in [1.29, 1.82) is 0 Å². The van der Waals surface area contributed by atoms with Crippen LogP contribution in [0.2, 0.25) is 0 Å². The summed E-state index contributed by atoms with van der Waals surface area (Å²) >= 11 is 3.48. The van der Waals surface area contributed by atoms with Gasteiger partial charge in [-0.05, 0) is 48.0 Å². The number of methoxy groups -OCH3 is 1. The van der Waals surface area contributed by atoms with Crippen molar-refractivity contribution in [2.24, 2.45) is 0 Å². The summed E-state index contributed by atoms with van der Waals surface area (Å²) < 4.78 is 6.24. The molecule has 2 nitrogen and oxygen atoms in total. The van der Waals surface area contributed by atoms with Gasteiger partial charge in [-0.2, -0.15) is 0 Å². The molecule has 0 amide bonds. The van der Waals surface area contributed by atoms with Crippen LogP contribution in [0.4, 0.5) is 0 Å². The van der Waals surface area contributed by atoms with Gasteiger partial charge in [-0.15, -0.1) is 0 Å². The van der Waals surface area contributed by atoms with Crippen molar-refractivity contribution in [3.8, 4) is 17.0 Å². The second-order valence-corrected chi connectivity index (χ2v) is 5.06. The number of benzene rings is 2. The van der Waals surface area contributed by atoms with Crippen molar-refractivity contribution < 1.29 is 4.74 Å². The molecule has 1 N–H and O–H groups in total. The molecule has 3 heteroatoms. The Morgan fingerprint density at radius 1 is 1.00 bits per heavy atom. The lowest BCUT2D eigenvalue weighted by Crippen LogP contribution is -1.82. The minimum absolute atomic E-state index is 0.873. The summed E-state index contributed by atoms with van der Waals surface area (Å²) in [5.74, 6) is 0.873. The zero-order valence-electron chi connectivity index (χ0n) is 9.91. The molecule has 0 bridgehead atoms. The first-order valence-electron chi connectivity index (χ1n) is 5.69. The normalized spacial score (nSPS) is 10.8. The Morgan fingerprint density at radius 2 is 1.78 bits per heavy atom. The Bertz CT molecular complexity index is 685. The lowest BCUT2D eigenvalue weighted by Gasteiger charge is -2.01. The molecule has 0 aliphatic rings. The summed E-state index contributed by atoms with van der Waals surface area (Å²) in [7, 11) is 1.68. The van der Waals surface area contributed by atoms with E-state index >= 15 is 0 Å².